The van der Waals surface area contributed by atoms with Gasteiger partial charge in [-0.1, -0.05) is 37.0 Å². The van der Waals surface area contributed by atoms with E-state index in [2.05, 4.69) is 0 Å². The Kier molecular flexibility index (Phi) is 5.29. The average Bonchev–Trinajstić information content (AvgIpc) is 2.30. The summed E-state index contributed by atoms with van der Waals surface area (Å²) < 4.78 is 5.10. The van der Waals surface area contributed by atoms with Gasteiger partial charge in [0.05, 0.1) is 17.2 Å². The van der Waals surface area contributed by atoms with E-state index < -0.39 is 0 Å². The maximum Gasteiger partial charge on any atom is 0.167 e. The summed E-state index contributed by atoms with van der Waals surface area (Å²) in [5.74, 6) is 0.527. The molecule has 4 heteroatoms. The van der Waals surface area contributed by atoms with Crippen molar-refractivity contribution in [2.24, 2.45) is 5.92 Å². The van der Waals surface area contributed by atoms with Gasteiger partial charge < -0.3 is 4.74 Å². The van der Waals surface area contributed by atoms with Crippen LogP contribution >= 0.6 is 23.2 Å². The van der Waals surface area contributed by atoms with Gasteiger partial charge in [0.2, 0.25) is 0 Å². The van der Waals surface area contributed by atoms with Gasteiger partial charge in [0.25, 0.3) is 0 Å². The van der Waals surface area contributed by atoms with Crippen molar-refractivity contribution in [2.45, 2.75) is 26.7 Å². The Morgan fingerprint density at radius 2 is 1.82 bits per heavy atom. The molecule has 0 amide bonds. The number of rotatable bonds is 5. The number of methoxy groups -OCH3 is 1. The van der Waals surface area contributed by atoms with Crippen molar-refractivity contribution in [3.63, 3.8) is 0 Å². The van der Waals surface area contributed by atoms with E-state index in [-0.39, 0.29) is 11.7 Å². The van der Waals surface area contributed by atoms with Gasteiger partial charge in [0.1, 0.15) is 5.75 Å². The molecule has 0 saturated carbocycles. The van der Waals surface area contributed by atoms with Crippen LogP contribution < -0.4 is 4.74 Å². The van der Waals surface area contributed by atoms with Crippen molar-refractivity contribution in [1.82, 2.24) is 0 Å². The largest absolute Gasteiger partial charge is 0.495 e. The van der Waals surface area contributed by atoms with Crippen LogP contribution in [-0.2, 0) is 0 Å². The lowest BCUT2D eigenvalue weighted by Gasteiger charge is -2.13. The summed E-state index contributed by atoms with van der Waals surface area (Å²) >= 11 is 12.0. The van der Waals surface area contributed by atoms with Gasteiger partial charge in [-0.15, -0.1) is 0 Å². The van der Waals surface area contributed by atoms with Gasteiger partial charge in [-0.05, 0) is 25.0 Å². The molecule has 2 nitrogen and oxygen atoms in total. The standard InChI is InChI=1S/C13H16Cl2O2/c1-4-8(5-2)13(16)9-6-12(17-3)11(15)7-10(9)14/h6-8H,4-5H2,1-3H3. The number of ketones is 1. The minimum Gasteiger partial charge on any atom is -0.495 e. The minimum absolute atomic E-state index is 0.00150. The van der Waals surface area contributed by atoms with E-state index in [0.29, 0.717) is 21.4 Å². The number of carbonyl (C=O) groups is 1. The maximum atomic E-state index is 12.2. The zero-order valence-corrected chi connectivity index (χ0v) is 11.7. The first kappa shape index (κ1) is 14.3. The second kappa shape index (κ2) is 6.27. The summed E-state index contributed by atoms with van der Waals surface area (Å²) in [6, 6.07) is 3.17. The molecule has 0 aliphatic heterocycles. The summed E-state index contributed by atoms with van der Waals surface area (Å²) in [6.45, 7) is 3.99. The Morgan fingerprint density at radius 1 is 1.24 bits per heavy atom. The van der Waals surface area contributed by atoms with Gasteiger partial charge in [-0.2, -0.15) is 0 Å². The van der Waals surface area contributed by atoms with Gasteiger partial charge >= 0.3 is 0 Å². The van der Waals surface area contributed by atoms with Crippen LogP contribution in [0.4, 0.5) is 0 Å². The summed E-state index contributed by atoms with van der Waals surface area (Å²) in [5.41, 5.74) is 0.488. The molecule has 0 N–H and O–H groups in total. The van der Waals surface area contributed by atoms with Crippen molar-refractivity contribution in [3.8, 4) is 5.75 Å². The van der Waals surface area contributed by atoms with Crippen molar-refractivity contribution in [1.29, 1.82) is 0 Å². The van der Waals surface area contributed by atoms with E-state index in [1.165, 1.54) is 7.11 Å². The topological polar surface area (TPSA) is 26.3 Å². The fourth-order valence-corrected chi connectivity index (χ4v) is 2.31. The average molecular weight is 275 g/mol. The summed E-state index contributed by atoms with van der Waals surface area (Å²) in [5, 5.41) is 0.797. The number of benzene rings is 1. The van der Waals surface area contributed by atoms with Crippen LogP contribution in [0.1, 0.15) is 37.0 Å². The molecule has 0 heterocycles. The first-order valence-electron chi connectivity index (χ1n) is 5.62. The Hall–Kier alpha value is -0.730. The minimum atomic E-state index is -0.00150. The van der Waals surface area contributed by atoms with E-state index >= 15 is 0 Å². The second-order valence-corrected chi connectivity index (χ2v) is 4.66. The molecule has 1 aromatic rings. The SMILES string of the molecule is CCC(CC)C(=O)c1cc(OC)c(Cl)cc1Cl. The quantitative estimate of drug-likeness (QED) is 0.733. The van der Waals surface area contributed by atoms with Crippen molar-refractivity contribution in [2.75, 3.05) is 7.11 Å². The fourth-order valence-electron chi connectivity index (χ4n) is 1.75. The predicted octanol–water partition coefficient (Wildman–Crippen LogP) is 4.62. The van der Waals surface area contributed by atoms with Crippen LogP contribution in [0.25, 0.3) is 0 Å². The first-order valence-corrected chi connectivity index (χ1v) is 6.37. The lowest BCUT2D eigenvalue weighted by molar-refractivity contribution is 0.0913. The van der Waals surface area contributed by atoms with Gasteiger partial charge in [0.15, 0.2) is 5.78 Å². The zero-order chi connectivity index (χ0) is 13.0. The molecule has 1 aromatic carbocycles. The molecule has 0 unspecified atom stereocenters. The molecular formula is C13H16Cl2O2. The second-order valence-electron chi connectivity index (χ2n) is 3.84. The monoisotopic (exact) mass is 274 g/mol. The molecular weight excluding hydrogens is 259 g/mol. The van der Waals surface area contributed by atoms with Crippen molar-refractivity contribution >= 4 is 29.0 Å². The normalized spacial score (nSPS) is 10.7. The molecule has 0 bridgehead atoms. The highest BCUT2D eigenvalue weighted by Crippen LogP contribution is 2.32. The Balaban J connectivity index is 3.17. The van der Waals surface area contributed by atoms with E-state index in [0.717, 1.165) is 12.8 Å². The lowest BCUT2D eigenvalue weighted by atomic mass is 9.93. The molecule has 1 rings (SSSR count). The van der Waals surface area contributed by atoms with Crippen LogP contribution in [0.3, 0.4) is 0 Å². The Bertz CT molecular complexity index is 412. The summed E-state index contributed by atoms with van der Waals surface area (Å²) in [7, 11) is 1.51. The van der Waals surface area contributed by atoms with Crippen LogP contribution in [0, 0.1) is 5.92 Å². The number of hydrogen-bond donors (Lipinski definition) is 0. The number of halogens is 2. The number of carbonyl (C=O) groups excluding carboxylic acids is 1. The smallest absolute Gasteiger partial charge is 0.167 e. The lowest BCUT2D eigenvalue weighted by Crippen LogP contribution is -2.13. The molecule has 0 saturated heterocycles. The molecule has 0 aliphatic carbocycles. The number of Topliss-reactive ketones (excluding diaryl/α,β-unsaturated/α-hetero) is 1. The molecule has 0 fully saturated rings. The Morgan fingerprint density at radius 3 is 2.29 bits per heavy atom. The van der Waals surface area contributed by atoms with Crippen LogP contribution in [0.5, 0.6) is 5.75 Å². The van der Waals surface area contributed by atoms with E-state index in [1.54, 1.807) is 12.1 Å². The van der Waals surface area contributed by atoms with Gasteiger partial charge in [0, 0.05) is 11.5 Å². The summed E-state index contributed by atoms with van der Waals surface area (Å²) in [6.07, 6.45) is 1.60. The zero-order valence-electron chi connectivity index (χ0n) is 10.2. The molecule has 94 valence electrons. The predicted molar refractivity (Wildman–Crippen MR) is 71.4 cm³/mol. The van der Waals surface area contributed by atoms with Crippen molar-refractivity contribution < 1.29 is 9.53 Å². The van der Waals surface area contributed by atoms with Crippen LogP contribution in [-0.4, -0.2) is 12.9 Å². The van der Waals surface area contributed by atoms with E-state index in [9.17, 15) is 4.79 Å². The highest BCUT2D eigenvalue weighted by atomic mass is 35.5. The molecule has 0 aliphatic rings. The third kappa shape index (κ3) is 3.14. The number of hydrogen-bond acceptors (Lipinski definition) is 2. The third-order valence-corrected chi connectivity index (χ3v) is 3.47. The van der Waals surface area contributed by atoms with Gasteiger partial charge in [-0.25, -0.2) is 0 Å². The fraction of sp³-hybridized carbons (Fsp3) is 0.462. The molecule has 0 atom stereocenters. The highest BCUT2D eigenvalue weighted by Gasteiger charge is 2.20. The maximum absolute atomic E-state index is 12.2. The molecule has 0 spiro atoms. The van der Waals surface area contributed by atoms with Crippen LogP contribution in [0.15, 0.2) is 12.1 Å². The highest BCUT2D eigenvalue weighted by molar-refractivity contribution is 6.37. The Labute approximate surface area is 112 Å². The molecule has 0 radical (unpaired) electrons. The van der Waals surface area contributed by atoms with E-state index in [1.807, 2.05) is 13.8 Å². The summed E-state index contributed by atoms with van der Waals surface area (Å²) in [4.78, 5) is 12.2. The number of ether oxygens (including phenoxy) is 1. The van der Waals surface area contributed by atoms with Gasteiger partial charge in [-0.3, -0.25) is 4.79 Å². The molecule has 0 aromatic heterocycles. The van der Waals surface area contributed by atoms with Crippen molar-refractivity contribution in [3.05, 3.63) is 27.7 Å². The third-order valence-electron chi connectivity index (χ3n) is 2.86. The molecule has 17 heavy (non-hydrogen) atoms. The van der Waals surface area contributed by atoms with E-state index in [4.69, 9.17) is 27.9 Å². The van der Waals surface area contributed by atoms with Crippen LogP contribution in [0.2, 0.25) is 10.0 Å². The first-order chi connectivity index (χ1) is 8.04.